The summed E-state index contributed by atoms with van der Waals surface area (Å²) in [7, 11) is 0. The average Bonchev–Trinajstić information content (AvgIpc) is 2.67. The van der Waals surface area contributed by atoms with Crippen LogP contribution in [0.15, 0.2) is 28.9 Å². The molecule has 2 rings (SSSR count). The maximum atomic E-state index is 5.57. The van der Waals surface area contributed by atoms with E-state index in [1.807, 2.05) is 32.9 Å². The summed E-state index contributed by atoms with van der Waals surface area (Å²) in [6.07, 6.45) is 3.42. The van der Waals surface area contributed by atoms with Gasteiger partial charge in [0, 0.05) is 17.8 Å². The number of aromatic nitrogens is 3. The molecule has 0 atom stereocenters. The molecule has 0 saturated carbocycles. The first-order chi connectivity index (χ1) is 7.07. The van der Waals surface area contributed by atoms with E-state index in [0.29, 0.717) is 11.8 Å². The van der Waals surface area contributed by atoms with Gasteiger partial charge >= 0.3 is 0 Å². The van der Waals surface area contributed by atoms with Crippen molar-refractivity contribution in [3.63, 3.8) is 0 Å². The Morgan fingerprint density at radius 1 is 1.20 bits per heavy atom. The Hall–Kier alpha value is -1.71. The fourth-order valence-corrected chi connectivity index (χ4v) is 1.13. The zero-order chi connectivity index (χ0) is 10.9. The lowest BCUT2D eigenvalue weighted by Gasteiger charge is -2.10. The Morgan fingerprint density at radius 3 is 2.53 bits per heavy atom. The third-order valence-corrected chi connectivity index (χ3v) is 1.98. The Balaban J connectivity index is 2.37. The number of hydrogen-bond acceptors (Lipinski definition) is 4. The van der Waals surface area contributed by atoms with Crippen molar-refractivity contribution in [2.45, 2.75) is 26.2 Å². The fraction of sp³-hybridized carbons (Fsp3) is 0.364. The van der Waals surface area contributed by atoms with Crippen LogP contribution >= 0.6 is 0 Å². The van der Waals surface area contributed by atoms with Crippen LogP contribution < -0.4 is 0 Å². The van der Waals surface area contributed by atoms with Gasteiger partial charge in [0.05, 0.1) is 5.56 Å². The van der Waals surface area contributed by atoms with Crippen LogP contribution in [0.1, 0.15) is 26.7 Å². The first kappa shape index (κ1) is 9.83. The van der Waals surface area contributed by atoms with Crippen LogP contribution in [-0.4, -0.2) is 15.2 Å². The molecule has 4 nitrogen and oxygen atoms in total. The zero-order valence-electron chi connectivity index (χ0n) is 9.06. The number of nitrogens with zero attached hydrogens (tertiary/aromatic N) is 3. The van der Waals surface area contributed by atoms with Gasteiger partial charge in [0.15, 0.2) is 0 Å². The van der Waals surface area contributed by atoms with Crippen molar-refractivity contribution in [3.8, 4) is 11.5 Å². The molecule has 2 aromatic rings. The number of hydrogen-bond donors (Lipinski definition) is 0. The second-order valence-corrected chi connectivity index (χ2v) is 4.40. The van der Waals surface area contributed by atoms with Crippen LogP contribution in [0.3, 0.4) is 0 Å². The number of rotatable bonds is 1. The van der Waals surface area contributed by atoms with Crippen molar-refractivity contribution in [2.75, 3.05) is 0 Å². The largest absolute Gasteiger partial charge is 0.420 e. The standard InChI is InChI=1S/C11H13N3O/c1-11(2,3)10-14-13-9(15-10)8-5-4-6-12-7-8/h4-7H,1-3H3. The third-order valence-electron chi connectivity index (χ3n) is 1.98. The van der Waals surface area contributed by atoms with E-state index < -0.39 is 0 Å². The minimum Gasteiger partial charge on any atom is -0.420 e. The van der Waals surface area contributed by atoms with E-state index >= 15 is 0 Å². The molecule has 15 heavy (non-hydrogen) atoms. The van der Waals surface area contributed by atoms with Gasteiger partial charge in [-0.25, -0.2) is 0 Å². The van der Waals surface area contributed by atoms with Crippen molar-refractivity contribution in [2.24, 2.45) is 0 Å². The quantitative estimate of drug-likeness (QED) is 0.714. The van der Waals surface area contributed by atoms with Gasteiger partial charge in [0.25, 0.3) is 0 Å². The van der Waals surface area contributed by atoms with Crippen molar-refractivity contribution in [1.29, 1.82) is 0 Å². The van der Waals surface area contributed by atoms with Crippen molar-refractivity contribution < 1.29 is 4.42 Å². The molecule has 0 aliphatic heterocycles. The molecule has 2 aromatic heterocycles. The highest BCUT2D eigenvalue weighted by atomic mass is 16.4. The minimum absolute atomic E-state index is 0.118. The lowest BCUT2D eigenvalue weighted by Crippen LogP contribution is -2.11. The average molecular weight is 203 g/mol. The molecule has 0 aromatic carbocycles. The molecule has 0 N–H and O–H groups in total. The molecule has 0 aliphatic carbocycles. The second-order valence-electron chi connectivity index (χ2n) is 4.40. The lowest BCUT2D eigenvalue weighted by atomic mass is 9.97. The van der Waals surface area contributed by atoms with Gasteiger partial charge in [0.1, 0.15) is 0 Å². The van der Waals surface area contributed by atoms with Crippen LogP contribution in [0.5, 0.6) is 0 Å². The SMILES string of the molecule is CC(C)(C)c1nnc(-c2cccnc2)o1. The summed E-state index contributed by atoms with van der Waals surface area (Å²) in [5, 5.41) is 8.02. The summed E-state index contributed by atoms with van der Waals surface area (Å²) in [5.41, 5.74) is 0.730. The van der Waals surface area contributed by atoms with Crippen LogP contribution in [0.4, 0.5) is 0 Å². The van der Waals surface area contributed by atoms with Gasteiger partial charge in [-0.05, 0) is 12.1 Å². The van der Waals surface area contributed by atoms with Crippen molar-refractivity contribution in [1.82, 2.24) is 15.2 Å². The molecule has 0 saturated heterocycles. The smallest absolute Gasteiger partial charge is 0.249 e. The van der Waals surface area contributed by atoms with E-state index in [-0.39, 0.29) is 5.41 Å². The molecule has 2 heterocycles. The molecular weight excluding hydrogens is 190 g/mol. The fourth-order valence-electron chi connectivity index (χ4n) is 1.13. The highest BCUT2D eigenvalue weighted by molar-refractivity contribution is 5.50. The molecule has 0 amide bonds. The lowest BCUT2D eigenvalue weighted by molar-refractivity contribution is 0.399. The molecule has 78 valence electrons. The Bertz CT molecular complexity index is 442. The summed E-state index contributed by atoms with van der Waals surface area (Å²) in [5.74, 6) is 1.16. The minimum atomic E-state index is -0.118. The molecule has 0 spiro atoms. The first-order valence-corrected chi connectivity index (χ1v) is 4.82. The zero-order valence-corrected chi connectivity index (χ0v) is 9.06. The molecule has 0 aliphatic rings. The van der Waals surface area contributed by atoms with Crippen molar-refractivity contribution >= 4 is 0 Å². The highest BCUT2D eigenvalue weighted by Gasteiger charge is 2.21. The topological polar surface area (TPSA) is 51.8 Å². The van der Waals surface area contributed by atoms with Crippen LogP contribution in [0.2, 0.25) is 0 Å². The van der Waals surface area contributed by atoms with Gasteiger partial charge in [0.2, 0.25) is 11.8 Å². The normalized spacial score (nSPS) is 11.7. The number of pyridine rings is 1. The molecule has 4 heteroatoms. The Morgan fingerprint density at radius 2 is 2.00 bits per heavy atom. The predicted octanol–water partition coefficient (Wildman–Crippen LogP) is 2.43. The van der Waals surface area contributed by atoms with E-state index in [9.17, 15) is 0 Å². The van der Waals surface area contributed by atoms with E-state index in [2.05, 4.69) is 15.2 Å². The van der Waals surface area contributed by atoms with Gasteiger partial charge in [-0.15, -0.1) is 10.2 Å². The van der Waals surface area contributed by atoms with Gasteiger partial charge in [-0.1, -0.05) is 20.8 Å². The summed E-state index contributed by atoms with van der Waals surface area (Å²) in [6.45, 7) is 6.11. The molecule has 0 bridgehead atoms. The van der Waals surface area contributed by atoms with E-state index in [0.717, 1.165) is 5.56 Å². The van der Waals surface area contributed by atoms with Gasteiger partial charge in [-0.2, -0.15) is 0 Å². The van der Waals surface area contributed by atoms with E-state index in [1.165, 1.54) is 0 Å². The van der Waals surface area contributed by atoms with Gasteiger partial charge in [-0.3, -0.25) is 4.98 Å². The maximum absolute atomic E-state index is 5.57. The van der Waals surface area contributed by atoms with Crippen molar-refractivity contribution in [3.05, 3.63) is 30.4 Å². The van der Waals surface area contributed by atoms with E-state index in [4.69, 9.17) is 4.42 Å². The Labute approximate surface area is 88.4 Å². The third kappa shape index (κ3) is 2.03. The summed E-state index contributed by atoms with van der Waals surface area (Å²) < 4.78 is 5.57. The maximum Gasteiger partial charge on any atom is 0.249 e. The molecule has 0 fully saturated rings. The van der Waals surface area contributed by atoms with E-state index in [1.54, 1.807) is 12.4 Å². The monoisotopic (exact) mass is 203 g/mol. The highest BCUT2D eigenvalue weighted by Crippen LogP contribution is 2.24. The second kappa shape index (κ2) is 3.46. The first-order valence-electron chi connectivity index (χ1n) is 4.82. The molecular formula is C11H13N3O. The van der Waals surface area contributed by atoms with Crippen LogP contribution in [-0.2, 0) is 5.41 Å². The summed E-state index contributed by atoms with van der Waals surface area (Å²) >= 11 is 0. The summed E-state index contributed by atoms with van der Waals surface area (Å²) in [6, 6.07) is 3.74. The summed E-state index contributed by atoms with van der Waals surface area (Å²) in [4.78, 5) is 4.00. The molecule has 0 unspecified atom stereocenters. The van der Waals surface area contributed by atoms with Crippen LogP contribution in [0.25, 0.3) is 11.5 Å². The van der Waals surface area contributed by atoms with Crippen LogP contribution in [0, 0.1) is 0 Å². The Kier molecular flexibility index (Phi) is 2.26. The molecule has 0 radical (unpaired) electrons. The predicted molar refractivity (Wildman–Crippen MR) is 56.2 cm³/mol. The van der Waals surface area contributed by atoms with Gasteiger partial charge < -0.3 is 4.42 Å².